The Morgan fingerprint density at radius 1 is 1.21 bits per heavy atom. The number of hydrogen-bond acceptors (Lipinski definition) is 3. The highest BCUT2D eigenvalue weighted by Gasteiger charge is 2.45. The fourth-order valence-corrected chi connectivity index (χ4v) is 4.23. The van der Waals surface area contributed by atoms with Crippen LogP contribution in [0.5, 0.6) is 0 Å². The molecule has 0 amide bonds. The van der Waals surface area contributed by atoms with E-state index < -0.39 is 16.4 Å². The van der Waals surface area contributed by atoms with E-state index in [0.717, 1.165) is 22.4 Å². The van der Waals surface area contributed by atoms with Crippen molar-refractivity contribution in [1.29, 1.82) is 0 Å². The van der Waals surface area contributed by atoms with Gasteiger partial charge in [-0.25, -0.2) is 0 Å². The molecule has 19 heavy (non-hydrogen) atoms. The van der Waals surface area contributed by atoms with Crippen LogP contribution in [0.25, 0.3) is 0 Å². The summed E-state index contributed by atoms with van der Waals surface area (Å²) in [4.78, 5) is 5.52. The second-order valence-corrected chi connectivity index (χ2v) is 7.29. The Kier molecular flexibility index (Phi) is 3.56. The molecular formula is C15H21NO2S. The van der Waals surface area contributed by atoms with Crippen LogP contribution in [0.4, 0.5) is 0 Å². The number of rotatable bonds is 2. The van der Waals surface area contributed by atoms with Crippen molar-refractivity contribution in [3.8, 4) is 0 Å². The van der Waals surface area contributed by atoms with Crippen LogP contribution in [0.15, 0.2) is 17.3 Å². The largest absolute Gasteiger partial charge is 0.388 e. The van der Waals surface area contributed by atoms with Gasteiger partial charge in [-0.05, 0) is 45.7 Å². The van der Waals surface area contributed by atoms with E-state index >= 15 is 0 Å². The van der Waals surface area contributed by atoms with Crippen LogP contribution in [0, 0.1) is 20.8 Å². The topological polar surface area (TPSA) is 38.7 Å². The zero-order valence-corrected chi connectivity index (χ0v) is 13.2. The molecule has 1 heterocycles. The molecule has 2 atom stereocenters. The van der Waals surface area contributed by atoms with Gasteiger partial charge in [-0.3, -0.25) is 4.21 Å². The molecule has 1 aliphatic heterocycles. The average Bonchev–Trinajstić information content (AvgIpc) is 2.52. The van der Waals surface area contributed by atoms with Gasteiger partial charge in [0.05, 0.1) is 0 Å². The molecule has 0 saturated heterocycles. The maximum atomic E-state index is 12.1. The van der Waals surface area contributed by atoms with Gasteiger partial charge in [-0.2, -0.15) is 0 Å². The van der Waals surface area contributed by atoms with Gasteiger partial charge in [-0.1, -0.05) is 22.9 Å². The summed E-state index contributed by atoms with van der Waals surface area (Å²) in [5.74, 6) is 0. The quantitative estimate of drug-likeness (QED) is 0.835. The van der Waals surface area contributed by atoms with E-state index in [1.54, 1.807) is 6.26 Å². The second kappa shape index (κ2) is 4.75. The molecule has 1 aliphatic rings. The Bertz CT molecular complexity index is 553. The summed E-state index contributed by atoms with van der Waals surface area (Å²) in [7, 11) is -1.02. The molecule has 0 N–H and O–H groups in total. The SMILES string of the molecule is Cc1cc(C)c(C2=NOC(C)(C)C2S(C)=O)c(C)c1. The van der Waals surface area contributed by atoms with Gasteiger partial charge >= 0.3 is 0 Å². The van der Waals surface area contributed by atoms with Crippen LogP contribution in [-0.4, -0.2) is 27.0 Å². The molecule has 104 valence electrons. The van der Waals surface area contributed by atoms with E-state index in [-0.39, 0.29) is 5.25 Å². The fourth-order valence-electron chi connectivity index (χ4n) is 2.91. The minimum absolute atomic E-state index is 0.187. The highest BCUT2D eigenvalue weighted by Crippen LogP contribution is 2.32. The van der Waals surface area contributed by atoms with Crippen molar-refractivity contribution in [3.63, 3.8) is 0 Å². The van der Waals surface area contributed by atoms with Crippen molar-refractivity contribution >= 4 is 16.5 Å². The summed E-state index contributed by atoms with van der Waals surface area (Å²) in [5, 5.41) is 4.05. The molecular weight excluding hydrogens is 258 g/mol. The van der Waals surface area contributed by atoms with Crippen molar-refractivity contribution in [3.05, 3.63) is 34.4 Å². The van der Waals surface area contributed by atoms with Gasteiger partial charge in [0.2, 0.25) is 0 Å². The summed E-state index contributed by atoms with van der Waals surface area (Å²) >= 11 is 0. The molecule has 0 radical (unpaired) electrons. The smallest absolute Gasteiger partial charge is 0.152 e. The normalized spacial score (nSPS) is 22.8. The number of aryl methyl sites for hydroxylation is 3. The molecule has 1 aromatic carbocycles. The average molecular weight is 279 g/mol. The zero-order chi connectivity index (χ0) is 14.4. The Morgan fingerprint density at radius 2 is 1.74 bits per heavy atom. The molecule has 4 heteroatoms. The molecule has 1 aromatic rings. The lowest BCUT2D eigenvalue weighted by Crippen LogP contribution is -2.41. The predicted octanol–water partition coefficient (Wildman–Crippen LogP) is 2.87. The lowest BCUT2D eigenvalue weighted by molar-refractivity contribution is 0.0149. The van der Waals surface area contributed by atoms with Gasteiger partial charge in [0.1, 0.15) is 11.0 Å². The standard InChI is InChI=1S/C15H21NO2S/c1-9-7-10(2)12(11(3)8-9)13-14(19(6)17)15(4,5)18-16-13/h7-8,14H,1-6H3. The van der Waals surface area contributed by atoms with E-state index in [1.165, 1.54) is 5.56 Å². The molecule has 2 unspecified atom stereocenters. The third kappa shape index (κ3) is 2.46. The van der Waals surface area contributed by atoms with Crippen LogP contribution in [0.3, 0.4) is 0 Å². The molecule has 0 aliphatic carbocycles. The van der Waals surface area contributed by atoms with Gasteiger partial charge in [0.15, 0.2) is 5.60 Å². The summed E-state index contributed by atoms with van der Waals surface area (Å²) in [6, 6.07) is 4.26. The van der Waals surface area contributed by atoms with Gasteiger partial charge in [0, 0.05) is 22.6 Å². The highest BCUT2D eigenvalue weighted by atomic mass is 32.2. The Morgan fingerprint density at radius 3 is 2.21 bits per heavy atom. The lowest BCUT2D eigenvalue weighted by Gasteiger charge is -2.24. The van der Waals surface area contributed by atoms with Crippen LogP contribution < -0.4 is 0 Å². The first-order valence-corrected chi connectivity index (χ1v) is 8.02. The van der Waals surface area contributed by atoms with E-state index in [9.17, 15) is 4.21 Å². The maximum Gasteiger partial charge on any atom is 0.152 e. The number of oxime groups is 1. The zero-order valence-electron chi connectivity index (χ0n) is 12.4. The summed E-state index contributed by atoms with van der Waals surface area (Å²) in [5.41, 5.74) is 4.93. The fraction of sp³-hybridized carbons (Fsp3) is 0.533. The van der Waals surface area contributed by atoms with Crippen LogP contribution in [-0.2, 0) is 15.6 Å². The molecule has 0 saturated carbocycles. The predicted molar refractivity (Wildman–Crippen MR) is 80.2 cm³/mol. The molecule has 3 nitrogen and oxygen atoms in total. The van der Waals surface area contributed by atoms with Crippen LogP contribution in [0.1, 0.15) is 36.1 Å². The van der Waals surface area contributed by atoms with Crippen molar-refractivity contribution in [2.45, 2.75) is 45.5 Å². The van der Waals surface area contributed by atoms with Crippen LogP contribution >= 0.6 is 0 Å². The lowest BCUT2D eigenvalue weighted by atomic mass is 9.90. The van der Waals surface area contributed by atoms with Gasteiger partial charge < -0.3 is 4.84 Å². The monoisotopic (exact) mass is 279 g/mol. The minimum atomic E-state index is -1.02. The van der Waals surface area contributed by atoms with Gasteiger partial charge in [0.25, 0.3) is 0 Å². The number of benzene rings is 1. The first kappa shape index (κ1) is 14.3. The van der Waals surface area contributed by atoms with Crippen molar-refractivity contribution < 1.29 is 9.05 Å². The van der Waals surface area contributed by atoms with E-state index in [4.69, 9.17) is 4.84 Å². The van der Waals surface area contributed by atoms with E-state index in [0.29, 0.717) is 0 Å². The Balaban J connectivity index is 2.57. The first-order chi connectivity index (χ1) is 8.74. The molecule has 0 fully saturated rings. The van der Waals surface area contributed by atoms with E-state index in [1.807, 2.05) is 13.8 Å². The second-order valence-electron chi connectivity index (χ2n) is 5.82. The maximum absolute atomic E-state index is 12.1. The van der Waals surface area contributed by atoms with E-state index in [2.05, 4.69) is 38.1 Å². The molecule has 0 aromatic heterocycles. The Labute approximate surface area is 117 Å². The number of hydrogen-bond donors (Lipinski definition) is 0. The highest BCUT2D eigenvalue weighted by molar-refractivity contribution is 7.85. The minimum Gasteiger partial charge on any atom is -0.388 e. The third-order valence-electron chi connectivity index (χ3n) is 3.52. The van der Waals surface area contributed by atoms with Crippen molar-refractivity contribution in [2.75, 3.05) is 6.26 Å². The first-order valence-electron chi connectivity index (χ1n) is 6.40. The third-order valence-corrected chi connectivity index (χ3v) is 4.98. The van der Waals surface area contributed by atoms with Crippen molar-refractivity contribution in [2.24, 2.45) is 5.16 Å². The number of nitrogens with zero attached hydrogens (tertiary/aromatic N) is 1. The molecule has 0 bridgehead atoms. The molecule has 0 spiro atoms. The van der Waals surface area contributed by atoms with Gasteiger partial charge in [-0.15, -0.1) is 0 Å². The molecule has 2 rings (SSSR count). The Hall–Kier alpha value is -1.16. The van der Waals surface area contributed by atoms with Crippen LogP contribution in [0.2, 0.25) is 0 Å². The summed E-state index contributed by atoms with van der Waals surface area (Å²) < 4.78 is 12.1. The summed E-state index contributed by atoms with van der Waals surface area (Å²) in [6.07, 6.45) is 1.72. The van der Waals surface area contributed by atoms with Crippen molar-refractivity contribution in [1.82, 2.24) is 0 Å². The summed E-state index contributed by atoms with van der Waals surface area (Å²) in [6.45, 7) is 10.1.